The number of para-hydroxylation sites is 2. The topological polar surface area (TPSA) is 71.0 Å². The predicted molar refractivity (Wildman–Crippen MR) is 105 cm³/mol. The van der Waals surface area contributed by atoms with Crippen molar-refractivity contribution in [2.45, 2.75) is 11.7 Å². The summed E-state index contributed by atoms with van der Waals surface area (Å²) < 4.78 is 18.4. The highest BCUT2D eigenvalue weighted by Crippen LogP contribution is 2.32. The number of carbonyl (C=O) groups excluding carboxylic acids is 2. The first-order chi connectivity index (χ1) is 13.0. The number of imide groups is 1. The van der Waals surface area contributed by atoms with Crippen LogP contribution in [0.25, 0.3) is 0 Å². The number of hydrogen-bond donors (Lipinski definition) is 1. The van der Waals surface area contributed by atoms with Crippen molar-refractivity contribution in [1.29, 1.82) is 0 Å². The molecule has 27 heavy (non-hydrogen) atoms. The molecule has 1 atom stereocenters. The molecule has 0 aromatic heterocycles. The number of nitrogens with one attached hydrogen (secondary N) is 1. The summed E-state index contributed by atoms with van der Waals surface area (Å²) in [7, 11) is 3.17. The van der Waals surface area contributed by atoms with Crippen LogP contribution in [0.15, 0.2) is 53.5 Å². The van der Waals surface area contributed by atoms with Crippen LogP contribution in [0.2, 0.25) is 0 Å². The molecular formula is C19H18FN3O3S. The summed E-state index contributed by atoms with van der Waals surface area (Å²) >= 11 is 1.18. The van der Waals surface area contributed by atoms with E-state index in [0.29, 0.717) is 22.3 Å². The average Bonchev–Trinajstić information content (AvgIpc) is 2.95. The van der Waals surface area contributed by atoms with Crippen molar-refractivity contribution in [1.82, 2.24) is 0 Å². The Morgan fingerprint density at radius 2 is 1.93 bits per heavy atom. The van der Waals surface area contributed by atoms with E-state index in [2.05, 4.69) is 10.3 Å². The van der Waals surface area contributed by atoms with Gasteiger partial charge in [-0.15, -0.1) is 0 Å². The molecule has 0 bridgehead atoms. The Bertz CT molecular complexity index is 886. The fourth-order valence-corrected chi connectivity index (χ4v) is 3.67. The minimum absolute atomic E-state index is 0.0491. The SMILES string of the molecule is CN=C(Nc1ccccc1OC)S[C@@H]1CC(=O)N(c2ccc(F)cc2)C1=O. The smallest absolute Gasteiger partial charge is 0.247 e. The van der Waals surface area contributed by atoms with E-state index in [1.54, 1.807) is 20.2 Å². The van der Waals surface area contributed by atoms with Crippen molar-refractivity contribution in [2.75, 3.05) is 24.4 Å². The maximum Gasteiger partial charge on any atom is 0.247 e. The number of amides is 2. The first kappa shape index (κ1) is 18.9. The van der Waals surface area contributed by atoms with E-state index in [4.69, 9.17) is 4.74 Å². The average molecular weight is 387 g/mol. The lowest BCUT2D eigenvalue weighted by Gasteiger charge is -2.16. The summed E-state index contributed by atoms with van der Waals surface area (Å²) in [5.41, 5.74) is 1.07. The van der Waals surface area contributed by atoms with Gasteiger partial charge in [-0.2, -0.15) is 0 Å². The van der Waals surface area contributed by atoms with Gasteiger partial charge in [0.1, 0.15) is 16.8 Å². The summed E-state index contributed by atoms with van der Waals surface area (Å²) in [5, 5.41) is 3.01. The second kappa shape index (κ2) is 8.22. The summed E-state index contributed by atoms with van der Waals surface area (Å²) in [6.07, 6.45) is 0.0491. The Kier molecular flexibility index (Phi) is 5.75. The fraction of sp³-hybridized carbons (Fsp3) is 0.211. The molecule has 1 aliphatic rings. The van der Waals surface area contributed by atoms with Crippen LogP contribution in [-0.4, -0.2) is 36.4 Å². The van der Waals surface area contributed by atoms with Gasteiger partial charge in [0.2, 0.25) is 11.8 Å². The van der Waals surface area contributed by atoms with Crippen LogP contribution >= 0.6 is 11.8 Å². The van der Waals surface area contributed by atoms with Crippen LogP contribution in [0.5, 0.6) is 5.75 Å². The molecule has 3 rings (SSSR count). The Balaban J connectivity index is 1.74. The van der Waals surface area contributed by atoms with Crippen molar-refractivity contribution in [2.24, 2.45) is 4.99 Å². The zero-order valence-corrected chi connectivity index (χ0v) is 15.6. The van der Waals surface area contributed by atoms with Crippen LogP contribution in [0.4, 0.5) is 15.8 Å². The highest BCUT2D eigenvalue weighted by atomic mass is 32.2. The summed E-state index contributed by atoms with van der Waals surface area (Å²) in [6, 6.07) is 12.6. The van der Waals surface area contributed by atoms with Crippen molar-refractivity contribution in [3.05, 3.63) is 54.3 Å². The third-order valence-corrected chi connectivity index (χ3v) is 5.16. The quantitative estimate of drug-likeness (QED) is 0.495. The molecule has 1 aliphatic heterocycles. The summed E-state index contributed by atoms with van der Waals surface area (Å²) in [4.78, 5) is 30.3. The molecule has 0 saturated carbocycles. The number of aliphatic imine (C=N–C) groups is 1. The van der Waals surface area contributed by atoms with E-state index < -0.39 is 11.1 Å². The molecule has 2 amide bonds. The largest absolute Gasteiger partial charge is 0.495 e. The van der Waals surface area contributed by atoms with E-state index in [-0.39, 0.29) is 18.2 Å². The summed E-state index contributed by atoms with van der Waals surface area (Å²) in [6.45, 7) is 0. The standard InChI is InChI=1S/C19H18FN3O3S/c1-21-19(22-14-5-3-4-6-15(14)26-2)27-16-11-17(24)23(18(16)25)13-9-7-12(20)8-10-13/h3-10,16H,11H2,1-2H3,(H,21,22)/t16-/m1/s1. The minimum Gasteiger partial charge on any atom is -0.495 e. The lowest BCUT2D eigenvalue weighted by atomic mass is 10.3. The normalized spacial score (nSPS) is 17.4. The molecule has 140 valence electrons. The highest BCUT2D eigenvalue weighted by Gasteiger charge is 2.40. The third kappa shape index (κ3) is 4.11. The predicted octanol–water partition coefficient (Wildman–Crippen LogP) is 3.30. The molecule has 6 nitrogen and oxygen atoms in total. The van der Waals surface area contributed by atoms with Gasteiger partial charge in [-0.05, 0) is 36.4 Å². The van der Waals surface area contributed by atoms with E-state index in [0.717, 1.165) is 4.90 Å². The van der Waals surface area contributed by atoms with E-state index in [1.165, 1.54) is 36.0 Å². The first-order valence-electron chi connectivity index (χ1n) is 8.19. The Morgan fingerprint density at radius 1 is 1.22 bits per heavy atom. The minimum atomic E-state index is -0.608. The van der Waals surface area contributed by atoms with Crippen LogP contribution < -0.4 is 15.0 Å². The second-order valence-corrected chi connectivity index (χ2v) is 6.90. The number of carbonyl (C=O) groups is 2. The number of benzene rings is 2. The zero-order chi connectivity index (χ0) is 19.4. The number of nitrogens with zero attached hydrogens (tertiary/aromatic N) is 2. The Hall–Kier alpha value is -2.87. The van der Waals surface area contributed by atoms with E-state index in [1.807, 2.05) is 18.2 Å². The molecule has 1 N–H and O–H groups in total. The number of anilines is 2. The fourth-order valence-electron chi connectivity index (χ4n) is 2.69. The monoisotopic (exact) mass is 387 g/mol. The van der Waals surface area contributed by atoms with Crippen LogP contribution in [0, 0.1) is 5.82 Å². The molecule has 8 heteroatoms. The van der Waals surface area contributed by atoms with Crippen molar-refractivity contribution in [3.8, 4) is 5.75 Å². The van der Waals surface area contributed by atoms with E-state index >= 15 is 0 Å². The molecule has 0 radical (unpaired) electrons. The first-order valence-corrected chi connectivity index (χ1v) is 9.07. The van der Waals surface area contributed by atoms with Crippen LogP contribution in [0.1, 0.15) is 6.42 Å². The van der Waals surface area contributed by atoms with Crippen LogP contribution in [0.3, 0.4) is 0 Å². The third-order valence-electron chi connectivity index (χ3n) is 4.00. The van der Waals surface area contributed by atoms with Gasteiger partial charge >= 0.3 is 0 Å². The molecule has 1 fully saturated rings. The van der Waals surface area contributed by atoms with Gasteiger partial charge in [0.15, 0.2) is 5.17 Å². The molecule has 0 aliphatic carbocycles. The number of hydrogen-bond acceptors (Lipinski definition) is 5. The molecular weight excluding hydrogens is 369 g/mol. The van der Waals surface area contributed by atoms with Gasteiger partial charge in [0.05, 0.1) is 18.5 Å². The van der Waals surface area contributed by atoms with Gasteiger partial charge in [-0.1, -0.05) is 23.9 Å². The lowest BCUT2D eigenvalue weighted by molar-refractivity contribution is -0.121. The molecule has 2 aromatic rings. The van der Waals surface area contributed by atoms with Crippen molar-refractivity contribution < 1.29 is 18.7 Å². The molecule has 1 saturated heterocycles. The Labute approximate surface area is 160 Å². The highest BCUT2D eigenvalue weighted by molar-refractivity contribution is 8.15. The number of rotatable bonds is 4. The van der Waals surface area contributed by atoms with Gasteiger partial charge in [0.25, 0.3) is 0 Å². The van der Waals surface area contributed by atoms with Gasteiger partial charge < -0.3 is 10.1 Å². The lowest BCUT2D eigenvalue weighted by Crippen LogP contribution is -2.31. The zero-order valence-electron chi connectivity index (χ0n) is 14.8. The van der Waals surface area contributed by atoms with Gasteiger partial charge in [-0.3, -0.25) is 14.6 Å². The molecule has 0 unspecified atom stereocenters. The van der Waals surface area contributed by atoms with E-state index in [9.17, 15) is 14.0 Å². The Morgan fingerprint density at radius 3 is 2.59 bits per heavy atom. The maximum atomic E-state index is 13.1. The number of methoxy groups -OCH3 is 1. The number of ether oxygens (including phenoxy) is 1. The van der Waals surface area contributed by atoms with Gasteiger partial charge in [0, 0.05) is 13.5 Å². The molecule has 2 aromatic carbocycles. The van der Waals surface area contributed by atoms with Gasteiger partial charge in [-0.25, -0.2) is 9.29 Å². The number of amidine groups is 1. The second-order valence-electron chi connectivity index (χ2n) is 5.71. The maximum absolute atomic E-state index is 13.1. The van der Waals surface area contributed by atoms with Crippen LogP contribution in [-0.2, 0) is 9.59 Å². The van der Waals surface area contributed by atoms with Crippen molar-refractivity contribution in [3.63, 3.8) is 0 Å². The van der Waals surface area contributed by atoms with Crippen molar-refractivity contribution >= 4 is 40.1 Å². The molecule has 0 spiro atoms. The summed E-state index contributed by atoms with van der Waals surface area (Å²) in [5.74, 6) is -0.456. The number of thioether (sulfide) groups is 1. The molecule has 1 heterocycles. The number of halogens is 1.